The second-order valence-electron chi connectivity index (χ2n) is 4.58. The van der Waals surface area contributed by atoms with Crippen LogP contribution in [0.4, 0.5) is 8.78 Å². The Morgan fingerprint density at radius 1 is 1.32 bits per heavy atom. The summed E-state index contributed by atoms with van der Waals surface area (Å²) >= 11 is 0. The van der Waals surface area contributed by atoms with Crippen molar-refractivity contribution in [3.63, 3.8) is 0 Å². The van der Waals surface area contributed by atoms with Crippen LogP contribution in [0.5, 0.6) is 0 Å². The summed E-state index contributed by atoms with van der Waals surface area (Å²) in [5, 5.41) is 18.4. The minimum atomic E-state index is -2.84. The van der Waals surface area contributed by atoms with E-state index in [1.807, 2.05) is 12.1 Å². The Morgan fingerprint density at radius 3 is 2.50 bits per heavy atom. The lowest BCUT2D eigenvalue weighted by Crippen LogP contribution is -2.19. The molecule has 1 aromatic heterocycles. The molecule has 2 aromatic rings. The third-order valence-corrected chi connectivity index (χ3v) is 3.44. The Balaban J connectivity index is 2.86. The zero-order valence-electron chi connectivity index (χ0n) is 11.8. The molecule has 0 saturated heterocycles. The summed E-state index contributed by atoms with van der Waals surface area (Å²) in [4.78, 5) is 11.7. The molecule has 1 unspecified atom stereocenters. The zero-order valence-corrected chi connectivity index (χ0v) is 11.8. The molecule has 1 aromatic carbocycles. The van der Waals surface area contributed by atoms with Crippen LogP contribution < -0.4 is 0 Å². The average molecular weight is 303 g/mol. The van der Waals surface area contributed by atoms with Crippen molar-refractivity contribution >= 4 is 16.9 Å². The monoisotopic (exact) mass is 303 g/mol. The van der Waals surface area contributed by atoms with Crippen LogP contribution in [0.15, 0.2) is 18.2 Å². The van der Waals surface area contributed by atoms with E-state index in [2.05, 4.69) is 4.74 Å². The summed E-state index contributed by atoms with van der Waals surface area (Å²) in [7, 11) is 1.17. The van der Waals surface area contributed by atoms with E-state index in [1.54, 1.807) is 0 Å². The molecule has 0 radical (unpaired) electrons. The summed E-state index contributed by atoms with van der Waals surface area (Å²) in [5.74, 6) is -0.678. The SMILES string of the molecule is COC(=O)C(C)n1c(C(F)F)cc2c(C#N)c(C#N)ccc21. The number of halogens is 2. The molecular formula is C15H11F2N3O2. The predicted octanol–water partition coefficient (Wildman–Crippen LogP) is 3.06. The van der Waals surface area contributed by atoms with E-state index in [-0.39, 0.29) is 22.0 Å². The highest BCUT2D eigenvalue weighted by atomic mass is 19.3. The lowest BCUT2D eigenvalue weighted by molar-refractivity contribution is -0.144. The van der Waals surface area contributed by atoms with Crippen LogP contribution in [0.2, 0.25) is 0 Å². The number of nitrogens with zero attached hydrogens (tertiary/aromatic N) is 3. The van der Waals surface area contributed by atoms with E-state index < -0.39 is 24.1 Å². The van der Waals surface area contributed by atoms with Crippen molar-refractivity contribution in [3.8, 4) is 12.1 Å². The number of alkyl halides is 2. The van der Waals surface area contributed by atoms with Gasteiger partial charge in [0, 0.05) is 5.39 Å². The number of esters is 1. The van der Waals surface area contributed by atoms with Gasteiger partial charge in [0.15, 0.2) is 0 Å². The Bertz CT molecular complexity index is 828. The number of carbonyl (C=O) groups excluding carboxylic acids is 1. The van der Waals surface area contributed by atoms with E-state index >= 15 is 0 Å². The zero-order chi connectivity index (χ0) is 16.4. The van der Waals surface area contributed by atoms with Crippen molar-refractivity contribution in [2.45, 2.75) is 19.4 Å². The van der Waals surface area contributed by atoms with E-state index in [9.17, 15) is 18.8 Å². The fourth-order valence-electron chi connectivity index (χ4n) is 2.41. The fraction of sp³-hybridized carbons (Fsp3) is 0.267. The highest BCUT2D eigenvalue weighted by molar-refractivity contribution is 5.91. The van der Waals surface area contributed by atoms with Gasteiger partial charge in [0.25, 0.3) is 6.43 Å². The maximum Gasteiger partial charge on any atom is 0.328 e. The molecule has 112 valence electrons. The Morgan fingerprint density at radius 2 is 2.00 bits per heavy atom. The van der Waals surface area contributed by atoms with Crippen LogP contribution in [-0.4, -0.2) is 17.6 Å². The number of ether oxygens (including phenoxy) is 1. The smallest absolute Gasteiger partial charge is 0.328 e. The molecule has 2 rings (SSSR count). The first-order chi connectivity index (χ1) is 10.5. The van der Waals surface area contributed by atoms with Gasteiger partial charge in [-0.25, -0.2) is 13.6 Å². The van der Waals surface area contributed by atoms with Crippen LogP contribution in [0, 0.1) is 22.7 Å². The van der Waals surface area contributed by atoms with Crippen molar-refractivity contribution in [2.24, 2.45) is 0 Å². The summed E-state index contributed by atoms with van der Waals surface area (Å²) in [5.41, 5.74) is -0.0142. The number of methoxy groups -OCH3 is 1. The summed E-state index contributed by atoms with van der Waals surface area (Å²) in [6.45, 7) is 1.43. The van der Waals surface area contributed by atoms with Crippen molar-refractivity contribution < 1.29 is 18.3 Å². The minimum Gasteiger partial charge on any atom is -0.467 e. The van der Waals surface area contributed by atoms with Crippen molar-refractivity contribution in [3.05, 3.63) is 35.0 Å². The molecule has 22 heavy (non-hydrogen) atoms. The highest BCUT2D eigenvalue weighted by Gasteiger charge is 2.26. The maximum atomic E-state index is 13.3. The molecule has 1 atom stereocenters. The van der Waals surface area contributed by atoms with Crippen LogP contribution in [0.25, 0.3) is 10.9 Å². The van der Waals surface area contributed by atoms with Gasteiger partial charge in [0.05, 0.1) is 29.4 Å². The molecule has 0 aliphatic carbocycles. The van der Waals surface area contributed by atoms with Gasteiger partial charge in [-0.15, -0.1) is 0 Å². The first-order valence-electron chi connectivity index (χ1n) is 6.30. The number of aromatic nitrogens is 1. The van der Waals surface area contributed by atoms with Gasteiger partial charge in [-0.3, -0.25) is 0 Å². The molecule has 0 spiro atoms. The Kier molecular flexibility index (Phi) is 4.09. The fourth-order valence-corrected chi connectivity index (χ4v) is 2.41. The topological polar surface area (TPSA) is 78.8 Å². The first-order valence-corrected chi connectivity index (χ1v) is 6.30. The molecule has 0 bridgehead atoms. The van der Waals surface area contributed by atoms with Crippen LogP contribution in [0.3, 0.4) is 0 Å². The van der Waals surface area contributed by atoms with Crippen molar-refractivity contribution in [1.29, 1.82) is 10.5 Å². The van der Waals surface area contributed by atoms with E-state index in [0.29, 0.717) is 0 Å². The predicted molar refractivity (Wildman–Crippen MR) is 73.1 cm³/mol. The third kappa shape index (κ3) is 2.27. The van der Waals surface area contributed by atoms with Gasteiger partial charge in [0.1, 0.15) is 18.2 Å². The van der Waals surface area contributed by atoms with Gasteiger partial charge < -0.3 is 9.30 Å². The first kappa shape index (κ1) is 15.5. The van der Waals surface area contributed by atoms with Gasteiger partial charge in [-0.2, -0.15) is 10.5 Å². The second kappa shape index (κ2) is 5.82. The van der Waals surface area contributed by atoms with Gasteiger partial charge >= 0.3 is 5.97 Å². The lowest BCUT2D eigenvalue weighted by atomic mass is 10.0. The molecule has 0 amide bonds. The van der Waals surface area contributed by atoms with E-state index in [4.69, 9.17) is 5.26 Å². The van der Waals surface area contributed by atoms with E-state index in [0.717, 1.165) is 10.6 Å². The van der Waals surface area contributed by atoms with E-state index in [1.165, 1.54) is 26.2 Å². The largest absolute Gasteiger partial charge is 0.467 e. The molecule has 0 aliphatic rings. The normalized spacial score (nSPS) is 12.0. The second-order valence-corrected chi connectivity index (χ2v) is 4.58. The molecule has 0 N–H and O–H groups in total. The molecule has 7 heteroatoms. The van der Waals surface area contributed by atoms with Gasteiger partial charge in [-0.1, -0.05) is 0 Å². The standard InChI is InChI=1S/C15H11F2N3O2/c1-8(15(21)22-2)20-12-4-3-9(6-18)11(7-19)10(12)5-13(20)14(16)17/h3-5,8,14H,1-2H3. The van der Waals surface area contributed by atoms with Crippen LogP contribution >= 0.6 is 0 Å². The molecule has 1 heterocycles. The Hall–Kier alpha value is -2.93. The molecule has 0 aliphatic heterocycles. The Labute approximate surface area is 124 Å². The highest BCUT2D eigenvalue weighted by Crippen LogP contribution is 2.33. The number of hydrogen-bond donors (Lipinski definition) is 0. The number of hydrogen-bond acceptors (Lipinski definition) is 4. The molecule has 5 nitrogen and oxygen atoms in total. The van der Waals surface area contributed by atoms with Crippen molar-refractivity contribution in [2.75, 3.05) is 7.11 Å². The summed E-state index contributed by atoms with van der Waals surface area (Å²) < 4.78 is 32.3. The molecule has 0 fully saturated rings. The van der Waals surface area contributed by atoms with Gasteiger partial charge in [-0.05, 0) is 25.1 Å². The lowest BCUT2D eigenvalue weighted by Gasteiger charge is -2.16. The maximum absolute atomic E-state index is 13.3. The average Bonchev–Trinajstić information content (AvgIpc) is 2.91. The number of rotatable bonds is 3. The quantitative estimate of drug-likeness (QED) is 0.816. The van der Waals surface area contributed by atoms with Crippen LogP contribution in [-0.2, 0) is 9.53 Å². The minimum absolute atomic E-state index is 0.0118. The van der Waals surface area contributed by atoms with Gasteiger partial charge in [0.2, 0.25) is 0 Å². The molecular weight excluding hydrogens is 292 g/mol. The van der Waals surface area contributed by atoms with Crippen molar-refractivity contribution in [1.82, 2.24) is 4.57 Å². The number of carbonyl (C=O) groups is 1. The number of nitriles is 2. The third-order valence-electron chi connectivity index (χ3n) is 3.44. The number of benzene rings is 1. The molecule has 0 saturated carbocycles. The summed E-state index contributed by atoms with van der Waals surface area (Å²) in [6, 6.07) is 6.68. The van der Waals surface area contributed by atoms with Crippen LogP contribution in [0.1, 0.15) is 36.2 Å². The summed E-state index contributed by atoms with van der Waals surface area (Å²) in [6.07, 6.45) is -2.84. The number of fused-ring (bicyclic) bond motifs is 1.